The molecule has 1 spiro atoms. The van der Waals surface area contributed by atoms with Gasteiger partial charge in [-0.05, 0) is 57.4 Å². The largest absolute Gasteiger partial charge is 0.444 e. The lowest BCUT2D eigenvalue weighted by Crippen LogP contribution is -2.47. The molecular weight excluding hydrogens is 333 g/mol. The van der Waals surface area contributed by atoms with E-state index in [1.165, 1.54) is 12.1 Å². The number of amides is 1. The number of hydrogen-bond acceptors (Lipinski definition) is 3. The first kappa shape index (κ1) is 17.9. The summed E-state index contributed by atoms with van der Waals surface area (Å²) >= 11 is 0. The van der Waals surface area contributed by atoms with Crippen molar-refractivity contribution >= 4 is 11.8 Å². The highest BCUT2D eigenvalue weighted by molar-refractivity contribution is 5.69. The van der Waals surface area contributed by atoms with E-state index >= 15 is 0 Å². The Bertz CT molecular complexity index is 672. The Hall–Kier alpha value is -1.92. The number of nitrogens with one attached hydrogen (secondary N) is 1. The molecule has 0 unspecified atom stereocenters. The molecule has 0 radical (unpaired) electrons. The summed E-state index contributed by atoms with van der Waals surface area (Å²) in [7, 11) is 0. The normalized spacial score (nSPS) is 19.5. The molecule has 0 saturated carbocycles. The van der Waals surface area contributed by atoms with Crippen molar-refractivity contribution in [2.24, 2.45) is 0 Å². The summed E-state index contributed by atoms with van der Waals surface area (Å²) in [4.78, 5) is 13.8. The number of carbonyl (C=O) groups is 1. The average molecular weight is 356 g/mol. The molecule has 0 atom stereocenters. The second-order valence-electron chi connectivity index (χ2n) is 7.86. The quantitative estimate of drug-likeness (QED) is 0.749. The third kappa shape index (κ3) is 3.55. The van der Waals surface area contributed by atoms with Crippen LogP contribution < -0.4 is 5.32 Å². The maximum atomic E-state index is 13.0. The fourth-order valence-corrected chi connectivity index (χ4v) is 3.56. The van der Waals surface area contributed by atoms with Gasteiger partial charge in [-0.2, -0.15) is 13.2 Å². The molecule has 138 valence electrons. The molecule has 0 bridgehead atoms. The molecule has 3 rings (SSSR count). The second-order valence-corrected chi connectivity index (χ2v) is 7.86. The van der Waals surface area contributed by atoms with Gasteiger partial charge in [-0.1, -0.05) is 0 Å². The van der Waals surface area contributed by atoms with Gasteiger partial charge in [0.25, 0.3) is 0 Å². The van der Waals surface area contributed by atoms with Gasteiger partial charge in [-0.3, -0.25) is 0 Å². The summed E-state index contributed by atoms with van der Waals surface area (Å²) in [6.45, 7) is 6.99. The Morgan fingerprint density at radius 3 is 2.40 bits per heavy atom. The van der Waals surface area contributed by atoms with E-state index in [0.29, 0.717) is 38.0 Å². The molecule has 2 aliphatic heterocycles. The molecule has 0 aliphatic carbocycles. The zero-order valence-electron chi connectivity index (χ0n) is 14.7. The average Bonchev–Trinajstić information content (AvgIpc) is 2.84. The third-order valence-electron chi connectivity index (χ3n) is 4.91. The van der Waals surface area contributed by atoms with Gasteiger partial charge >= 0.3 is 12.3 Å². The van der Waals surface area contributed by atoms with Crippen molar-refractivity contribution in [3.63, 3.8) is 0 Å². The van der Waals surface area contributed by atoms with Crippen LogP contribution in [0.1, 0.15) is 44.7 Å². The Kier molecular flexibility index (Phi) is 4.16. The first-order chi connectivity index (χ1) is 11.5. The van der Waals surface area contributed by atoms with Gasteiger partial charge in [-0.15, -0.1) is 0 Å². The van der Waals surface area contributed by atoms with E-state index in [2.05, 4.69) is 5.32 Å². The van der Waals surface area contributed by atoms with Crippen LogP contribution in [-0.2, 0) is 16.3 Å². The van der Waals surface area contributed by atoms with Crippen molar-refractivity contribution in [2.75, 3.05) is 25.0 Å². The van der Waals surface area contributed by atoms with E-state index in [9.17, 15) is 18.0 Å². The van der Waals surface area contributed by atoms with Gasteiger partial charge < -0.3 is 15.0 Å². The molecule has 7 heteroatoms. The maximum Gasteiger partial charge on any atom is 0.416 e. The van der Waals surface area contributed by atoms with E-state index in [-0.39, 0.29) is 11.5 Å². The first-order valence-corrected chi connectivity index (χ1v) is 8.44. The van der Waals surface area contributed by atoms with Gasteiger partial charge in [-0.25, -0.2) is 4.79 Å². The molecule has 1 amide bonds. The van der Waals surface area contributed by atoms with Crippen LogP contribution in [0.25, 0.3) is 0 Å². The Labute approximate surface area is 145 Å². The molecule has 1 aromatic carbocycles. The predicted octanol–water partition coefficient (Wildman–Crippen LogP) is 4.40. The van der Waals surface area contributed by atoms with Crippen LogP contribution >= 0.6 is 0 Å². The topological polar surface area (TPSA) is 41.6 Å². The molecular formula is C18H23F3N2O2. The number of nitrogens with zero attached hydrogens (tertiary/aromatic N) is 1. The minimum absolute atomic E-state index is 0.352. The number of ether oxygens (including phenoxy) is 1. The van der Waals surface area contributed by atoms with Gasteiger partial charge in [0.2, 0.25) is 0 Å². The Morgan fingerprint density at radius 2 is 1.84 bits per heavy atom. The van der Waals surface area contributed by atoms with Crippen molar-refractivity contribution in [1.29, 1.82) is 0 Å². The Balaban J connectivity index is 1.76. The third-order valence-corrected chi connectivity index (χ3v) is 4.91. The summed E-state index contributed by atoms with van der Waals surface area (Å²) in [6, 6.07) is 3.88. The number of piperidine rings is 1. The van der Waals surface area contributed by atoms with Crippen LogP contribution in [0.4, 0.5) is 23.7 Å². The number of fused-ring (bicyclic) bond motifs is 2. The van der Waals surface area contributed by atoms with Crippen molar-refractivity contribution in [3.8, 4) is 0 Å². The van der Waals surface area contributed by atoms with Crippen LogP contribution in [0.5, 0.6) is 0 Å². The van der Waals surface area contributed by atoms with E-state index < -0.39 is 17.3 Å². The summed E-state index contributed by atoms with van der Waals surface area (Å²) in [5.74, 6) is 0. The second kappa shape index (κ2) is 5.81. The number of carbonyl (C=O) groups excluding carboxylic acids is 1. The zero-order valence-corrected chi connectivity index (χ0v) is 14.7. The van der Waals surface area contributed by atoms with E-state index in [1.807, 2.05) is 20.8 Å². The maximum absolute atomic E-state index is 13.0. The van der Waals surface area contributed by atoms with Crippen molar-refractivity contribution < 1.29 is 22.7 Å². The number of rotatable bonds is 0. The highest BCUT2D eigenvalue weighted by atomic mass is 19.4. The fourth-order valence-electron chi connectivity index (χ4n) is 3.56. The number of halogens is 3. The van der Waals surface area contributed by atoms with Crippen molar-refractivity contribution in [3.05, 3.63) is 29.3 Å². The lowest BCUT2D eigenvalue weighted by atomic mass is 9.74. The van der Waals surface area contributed by atoms with Gasteiger partial charge in [0, 0.05) is 30.7 Å². The molecule has 1 N–H and O–H groups in total. The molecule has 1 saturated heterocycles. The lowest BCUT2D eigenvalue weighted by molar-refractivity contribution is -0.137. The minimum atomic E-state index is -4.35. The number of alkyl halides is 3. The lowest BCUT2D eigenvalue weighted by Gasteiger charge is -2.39. The highest BCUT2D eigenvalue weighted by Gasteiger charge is 2.44. The number of likely N-dealkylation sites (tertiary alicyclic amines) is 1. The molecule has 1 fully saturated rings. The van der Waals surface area contributed by atoms with Gasteiger partial charge in [0.15, 0.2) is 0 Å². The first-order valence-electron chi connectivity index (χ1n) is 8.44. The molecule has 2 heterocycles. The molecule has 4 nitrogen and oxygen atoms in total. The summed E-state index contributed by atoms with van der Waals surface area (Å²) in [6.07, 6.45) is -3.48. The summed E-state index contributed by atoms with van der Waals surface area (Å²) in [5, 5.41) is 3.22. The highest BCUT2D eigenvalue weighted by Crippen LogP contribution is 2.46. The predicted molar refractivity (Wildman–Crippen MR) is 88.7 cm³/mol. The fraction of sp³-hybridized carbons (Fsp3) is 0.611. The molecule has 1 aromatic rings. The van der Waals surface area contributed by atoms with E-state index in [4.69, 9.17) is 4.74 Å². The minimum Gasteiger partial charge on any atom is -0.444 e. The zero-order chi connectivity index (χ0) is 18.5. The number of anilines is 1. The van der Waals surface area contributed by atoms with Crippen molar-refractivity contribution in [2.45, 2.75) is 50.8 Å². The summed E-state index contributed by atoms with van der Waals surface area (Å²) < 4.78 is 44.5. The number of benzene rings is 1. The SMILES string of the molecule is CC(C)(C)OC(=O)N1CCC2(CC1)CNc1ccc(C(F)(F)F)cc12. The molecule has 0 aromatic heterocycles. The monoisotopic (exact) mass is 356 g/mol. The van der Waals surface area contributed by atoms with Crippen LogP contribution in [-0.4, -0.2) is 36.2 Å². The standard InChI is InChI=1S/C18H23F3N2O2/c1-16(2,3)25-15(24)23-8-6-17(7-9-23)11-22-14-5-4-12(10-13(14)17)18(19,20)21/h4-5,10,22H,6-9,11H2,1-3H3. The van der Waals surface area contributed by atoms with Crippen LogP contribution in [0.15, 0.2) is 18.2 Å². The van der Waals surface area contributed by atoms with E-state index in [1.54, 1.807) is 4.90 Å². The number of hydrogen-bond donors (Lipinski definition) is 1. The van der Waals surface area contributed by atoms with Gasteiger partial charge in [0.1, 0.15) is 5.60 Å². The van der Waals surface area contributed by atoms with E-state index in [0.717, 1.165) is 11.8 Å². The summed E-state index contributed by atoms with van der Waals surface area (Å²) in [5.41, 5.74) is -0.0569. The van der Waals surface area contributed by atoms with Gasteiger partial charge in [0.05, 0.1) is 5.56 Å². The smallest absolute Gasteiger partial charge is 0.416 e. The van der Waals surface area contributed by atoms with Crippen LogP contribution in [0, 0.1) is 0 Å². The van der Waals surface area contributed by atoms with Crippen LogP contribution in [0.3, 0.4) is 0 Å². The Morgan fingerprint density at radius 1 is 1.20 bits per heavy atom. The molecule has 2 aliphatic rings. The molecule has 25 heavy (non-hydrogen) atoms. The van der Waals surface area contributed by atoms with Crippen LogP contribution in [0.2, 0.25) is 0 Å². The van der Waals surface area contributed by atoms with Crippen molar-refractivity contribution in [1.82, 2.24) is 4.90 Å².